The number of hydrogen-bond acceptors (Lipinski definition) is 9. The lowest BCUT2D eigenvalue weighted by Gasteiger charge is -2.31. The molecule has 0 unspecified atom stereocenters. The minimum atomic E-state index is -5.34. The van der Waals surface area contributed by atoms with Crippen LogP contribution in [0.15, 0.2) is 21.4 Å². The van der Waals surface area contributed by atoms with Gasteiger partial charge in [-0.3, -0.25) is 4.79 Å². The van der Waals surface area contributed by atoms with Gasteiger partial charge in [-0.2, -0.15) is 17.9 Å². The first-order valence-corrected chi connectivity index (χ1v) is 15.4. The smallest absolute Gasteiger partial charge is 0.404 e. The van der Waals surface area contributed by atoms with E-state index in [-0.39, 0.29) is 10.9 Å². The van der Waals surface area contributed by atoms with Gasteiger partial charge < -0.3 is 14.4 Å². The number of carbonyl (C=O) groups excluding carboxylic acids is 1. The first-order chi connectivity index (χ1) is 20.7. The Hall–Kier alpha value is -3.23. The molecule has 3 heterocycles. The molecule has 3 aromatic rings. The summed E-state index contributed by atoms with van der Waals surface area (Å²) in [6.07, 6.45) is -11.0. The molecular weight excluding hydrogens is 666 g/mol. The van der Waals surface area contributed by atoms with Crippen molar-refractivity contribution in [1.82, 2.24) is 24.8 Å². The van der Waals surface area contributed by atoms with Gasteiger partial charge in [0, 0.05) is 31.5 Å². The molecule has 2 aromatic heterocycles. The second-order valence-corrected chi connectivity index (χ2v) is 13.3. The summed E-state index contributed by atoms with van der Waals surface area (Å²) in [6, 6.07) is -1.52. The third kappa shape index (κ3) is 7.28. The summed E-state index contributed by atoms with van der Waals surface area (Å²) in [5.41, 5.74) is -4.58. The topological polar surface area (TPSA) is 139 Å². The van der Waals surface area contributed by atoms with Crippen LogP contribution in [0.2, 0.25) is 0 Å². The van der Waals surface area contributed by atoms with E-state index in [1.165, 1.54) is 18.6 Å². The van der Waals surface area contributed by atoms with E-state index in [2.05, 4.69) is 15.2 Å². The number of nitrogens with zero attached hydrogens (tertiary/aromatic N) is 4. The Morgan fingerprint density at radius 3 is 2.31 bits per heavy atom. The Kier molecular flexibility index (Phi) is 9.37. The molecule has 0 saturated carbocycles. The normalized spacial score (nSPS) is 16.8. The summed E-state index contributed by atoms with van der Waals surface area (Å²) < 4.78 is 144. The Labute approximate surface area is 254 Å². The molecule has 1 saturated heterocycles. The maximum atomic E-state index is 15.6. The highest BCUT2D eigenvalue weighted by molar-refractivity contribution is 7.89. The molecule has 20 heteroatoms. The number of carbonyl (C=O) groups is 1. The van der Waals surface area contributed by atoms with Crippen molar-refractivity contribution < 1.29 is 57.9 Å². The fourth-order valence-corrected chi connectivity index (χ4v) is 6.72. The van der Waals surface area contributed by atoms with Gasteiger partial charge in [-0.15, -0.1) is 21.5 Å². The van der Waals surface area contributed by atoms with Crippen LogP contribution >= 0.6 is 11.3 Å². The van der Waals surface area contributed by atoms with Crippen LogP contribution < -0.4 is 4.72 Å². The summed E-state index contributed by atoms with van der Waals surface area (Å²) in [7, 11) is -5.34. The van der Waals surface area contributed by atoms with Gasteiger partial charge in [-0.25, -0.2) is 35.4 Å². The lowest BCUT2D eigenvalue weighted by molar-refractivity contribution is -0.151. The van der Waals surface area contributed by atoms with Crippen LogP contribution in [0.5, 0.6) is 0 Å². The molecule has 0 spiro atoms. The zero-order valence-electron chi connectivity index (χ0n) is 23.6. The number of thiazole rings is 1. The molecule has 0 radical (unpaired) electrons. The predicted octanol–water partition coefficient (Wildman–Crippen LogP) is 5.65. The van der Waals surface area contributed by atoms with E-state index < -0.39 is 117 Å². The standard InChI is InChI=1S/C25H25F8N5O5S2/c1-4-13(25(31,32)33)37-45(41,42)12-6-5-11(14(15(12)26)18(27)28)17-16(21(39)38-9-7-24(29,30)8-10-38)34-20(44-17)19-35-36-22(43-19)23(2,3)40/h5-6,13,18,37,40H,4,7-10H2,1-3H3/t13-/m0/s1. The first kappa shape index (κ1) is 34.6. The van der Waals surface area contributed by atoms with Crippen molar-refractivity contribution in [1.29, 1.82) is 0 Å². The molecule has 1 aliphatic heterocycles. The summed E-state index contributed by atoms with van der Waals surface area (Å²) in [6.45, 7) is 2.72. The number of amides is 1. The number of halogens is 8. The molecule has 45 heavy (non-hydrogen) atoms. The molecule has 0 aliphatic carbocycles. The molecule has 0 bridgehead atoms. The van der Waals surface area contributed by atoms with Crippen LogP contribution in [0.4, 0.5) is 35.1 Å². The van der Waals surface area contributed by atoms with Crippen molar-refractivity contribution in [3.8, 4) is 21.3 Å². The number of benzene rings is 1. The third-order valence-corrected chi connectivity index (χ3v) is 9.31. The number of hydrogen-bond donors (Lipinski definition) is 2. The van der Waals surface area contributed by atoms with E-state index in [9.17, 15) is 49.1 Å². The van der Waals surface area contributed by atoms with Crippen LogP contribution in [-0.2, 0) is 15.6 Å². The number of sulfonamides is 1. The lowest BCUT2D eigenvalue weighted by atomic mass is 10.0. The van der Waals surface area contributed by atoms with Crippen molar-refractivity contribution in [3.63, 3.8) is 0 Å². The van der Waals surface area contributed by atoms with Gasteiger partial charge in [0.05, 0.1) is 10.4 Å². The van der Waals surface area contributed by atoms with E-state index in [0.717, 1.165) is 11.8 Å². The van der Waals surface area contributed by atoms with Crippen LogP contribution in [0.3, 0.4) is 0 Å². The fraction of sp³-hybridized carbons (Fsp3) is 0.520. The Bertz CT molecular complexity index is 1680. The molecule has 10 nitrogen and oxygen atoms in total. The minimum absolute atomic E-state index is 0.284. The summed E-state index contributed by atoms with van der Waals surface area (Å²) in [4.78, 5) is 16.6. The van der Waals surface area contributed by atoms with Gasteiger partial charge in [-0.05, 0) is 26.3 Å². The van der Waals surface area contributed by atoms with Crippen molar-refractivity contribution in [3.05, 3.63) is 35.1 Å². The van der Waals surface area contributed by atoms with Gasteiger partial charge >= 0.3 is 6.18 Å². The van der Waals surface area contributed by atoms with Crippen LogP contribution in [0.25, 0.3) is 21.3 Å². The Balaban J connectivity index is 1.87. The van der Waals surface area contributed by atoms with Gasteiger partial charge in [0.15, 0.2) is 10.8 Å². The van der Waals surface area contributed by atoms with Crippen molar-refractivity contribution in [2.24, 2.45) is 0 Å². The average molecular weight is 692 g/mol. The van der Waals surface area contributed by atoms with Gasteiger partial charge in [0.2, 0.25) is 15.9 Å². The van der Waals surface area contributed by atoms with Gasteiger partial charge in [0.25, 0.3) is 24.1 Å². The van der Waals surface area contributed by atoms with E-state index in [1.807, 2.05) is 0 Å². The lowest BCUT2D eigenvalue weighted by Crippen LogP contribution is -2.45. The average Bonchev–Trinajstić information content (AvgIpc) is 3.58. The zero-order chi connectivity index (χ0) is 33.7. The maximum absolute atomic E-state index is 15.6. The number of aromatic nitrogens is 3. The Morgan fingerprint density at radius 2 is 1.80 bits per heavy atom. The second kappa shape index (κ2) is 12.2. The van der Waals surface area contributed by atoms with Gasteiger partial charge in [-0.1, -0.05) is 13.0 Å². The molecular formula is C25H25F8N5O5S2. The zero-order valence-corrected chi connectivity index (χ0v) is 25.2. The predicted molar refractivity (Wildman–Crippen MR) is 142 cm³/mol. The highest BCUT2D eigenvalue weighted by atomic mass is 32.2. The largest absolute Gasteiger partial charge is 0.415 e. The second-order valence-electron chi connectivity index (χ2n) is 10.6. The molecule has 1 amide bonds. The van der Waals surface area contributed by atoms with Crippen LogP contribution in [-0.4, -0.2) is 70.7 Å². The van der Waals surface area contributed by atoms with E-state index >= 15 is 4.39 Å². The van der Waals surface area contributed by atoms with Crippen LogP contribution in [0, 0.1) is 5.82 Å². The van der Waals surface area contributed by atoms with E-state index in [0.29, 0.717) is 23.5 Å². The van der Waals surface area contributed by atoms with E-state index in [4.69, 9.17) is 4.42 Å². The van der Waals surface area contributed by atoms with Crippen LogP contribution in [0.1, 0.15) is 68.4 Å². The molecule has 1 fully saturated rings. The number of nitrogens with one attached hydrogen (secondary N) is 1. The minimum Gasteiger partial charge on any atom is -0.415 e. The molecule has 1 atom stereocenters. The summed E-state index contributed by atoms with van der Waals surface area (Å²) >= 11 is 0.455. The first-order valence-electron chi connectivity index (χ1n) is 13.1. The van der Waals surface area contributed by atoms with Crippen molar-refractivity contribution in [2.45, 2.75) is 75.1 Å². The molecule has 248 valence electrons. The number of likely N-dealkylation sites (tertiary alicyclic amines) is 1. The highest BCUT2D eigenvalue weighted by Gasteiger charge is 2.43. The number of piperidine rings is 1. The fourth-order valence-electron chi connectivity index (χ4n) is 4.31. The maximum Gasteiger partial charge on any atom is 0.404 e. The number of rotatable bonds is 9. The number of aliphatic hydroxyl groups is 1. The van der Waals surface area contributed by atoms with E-state index in [1.54, 1.807) is 0 Å². The van der Waals surface area contributed by atoms with Crippen molar-refractivity contribution in [2.75, 3.05) is 13.1 Å². The Morgan fingerprint density at radius 1 is 1.18 bits per heavy atom. The molecule has 2 N–H and O–H groups in total. The molecule has 4 rings (SSSR count). The third-order valence-electron chi connectivity index (χ3n) is 6.74. The van der Waals surface area contributed by atoms with Gasteiger partial charge in [0.1, 0.15) is 22.2 Å². The molecule has 1 aromatic carbocycles. The summed E-state index contributed by atoms with van der Waals surface area (Å²) in [5, 5.41) is 17.2. The SMILES string of the molecule is CC[C@H](NS(=O)(=O)c1ccc(-c2sc(-c3nnc(C(C)(C)O)o3)nc2C(=O)N2CCC(F)(F)CC2)c(C(F)F)c1F)C(F)(F)F. The monoisotopic (exact) mass is 691 g/mol. The highest BCUT2D eigenvalue weighted by Crippen LogP contribution is 2.43. The van der Waals surface area contributed by atoms with Crippen molar-refractivity contribution >= 4 is 27.3 Å². The number of alkyl halides is 7. The summed E-state index contributed by atoms with van der Waals surface area (Å²) in [5.74, 6) is -6.86. The quantitative estimate of drug-likeness (QED) is 0.275. The molecule has 1 aliphatic rings.